The van der Waals surface area contributed by atoms with Gasteiger partial charge in [-0.1, -0.05) is 47.5 Å². The Morgan fingerprint density at radius 3 is 2.33 bits per heavy atom. The van der Waals surface area contributed by atoms with Crippen molar-refractivity contribution in [1.82, 2.24) is 5.32 Å². The third-order valence-corrected chi connectivity index (χ3v) is 5.13. The third kappa shape index (κ3) is 4.26. The number of unbranched alkanes of at least 4 members (excludes halogenated alkanes) is 1. The van der Waals surface area contributed by atoms with Gasteiger partial charge < -0.3 is 5.32 Å². The summed E-state index contributed by atoms with van der Waals surface area (Å²) < 4.78 is 0. The lowest BCUT2D eigenvalue weighted by atomic mass is 9.70. The molecule has 0 aromatic heterocycles. The number of hydrogen-bond donors (Lipinski definition) is 1. The van der Waals surface area contributed by atoms with Crippen molar-refractivity contribution in [2.24, 2.45) is 29.6 Å². The maximum atomic E-state index is 3.78. The molecule has 1 fully saturated rings. The van der Waals surface area contributed by atoms with E-state index in [2.05, 4.69) is 46.9 Å². The maximum Gasteiger partial charge on any atom is 0.00696 e. The second-order valence-electron chi connectivity index (χ2n) is 7.15. The number of hydrogen-bond acceptors (Lipinski definition) is 1. The van der Waals surface area contributed by atoms with Gasteiger partial charge in [-0.05, 0) is 55.9 Å². The van der Waals surface area contributed by atoms with E-state index < -0.39 is 0 Å². The van der Waals surface area contributed by atoms with Gasteiger partial charge in [0.2, 0.25) is 0 Å². The summed E-state index contributed by atoms with van der Waals surface area (Å²) >= 11 is 0. The smallest absolute Gasteiger partial charge is 0.00696 e. The third-order valence-electron chi connectivity index (χ3n) is 5.13. The summed E-state index contributed by atoms with van der Waals surface area (Å²) in [6, 6.07) is 0.709. The zero-order chi connectivity index (χ0) is 13.7. The lowest BCUT2D eigenvalue weighted by Gasteiger charge is -2.42. The second-order valence-corrected chi connectivity index (χ2v) is 7.15. The first kappa shape index (κ1) is 16.0. The first-order valence-electron chi connectivity index (χ1n) is 8.20. The Labute approximate surface area is 115 Å². The highest BCUT2D eigenvalue weighted by Crippen LogP contribution is 2.36. The van der Waals surface area contributed by atoms with E-state index in [1.54, 1.807) is 0 Å². The standard InChI is InChI=1S/C17H35N/c1-7-8-9-16(12(2)3)15-10-17(13(4)5)14(6)18-11-15/h12-18H,7-11H2,1-6H3. The van der Waals surface area contributed by atoms with Gasteiger partial charge in [-0.25, -0.2) is 0 Å². The molecule has 1 aliphatic heterocycles. The average molecular weight is 253 g/mol. The Balaban J connectivity index is 2.62. The molecule has 0 amide bonds. The molecule has 1 saturated heterocycles. The molecule has 108 valence electrons. The zero-order valence-electron chi connectivity index (χ0n) is 13.5. The van der Waals surface area contributed by atoms with Crippen molar-refractivity contribution in [1.29, 1.82) is 0 Å². The molecule has 4 atom stereocenters. The number of rotatable bonds is 6. The molecule has 1 heterocycles. The van der Waals surface area contributed by atoms with E-state index in [0.29, 0.717) is 6.04 Å². The highest BCUT2D eigenvalue weighted by atomic mass is 14.9. The van der Waals surface area contributed by atoms with Gasteiger partial charge in [0.1, 0.15) is 0 Å². The fraction of sp³-hybridized carbons (Fsp3) is 1.00. The van der Waals surface area contributed by atoms with Crippen LogP contribution in [0.4, 0.5) is 0 Å². The largest absolute Gasteiger partial charge is 0.314 e. The van der Waals surface area contributed by atoms with Crippen molar-refractivity contribution in [2.75, 3.05) is 6.54 Å². The van der Waals surface area contributed by atoms with Crippen LogP contribution in [0.5, 0.6) is 0 Å². The Hall–Kier alpha value is -0.0400. The normalized spacial score (nSPS) is 31.0. The molecule has 0 aliphatic carbocycles. The molecule has 4 unspecified atom stereocenters. The molecule has 0 radical (unpaired) electrons. The van der Waals surface area contributed by atoms with Crippen LogP contribution >= 0.6 is 0 Å². The van der Waals surface area contributed by atoms with Gasteiger partial charge in [0.15, 0.2) is 0 Å². The van der Waals surface area contributed by atoms with E-state index in [0.717, 1.165) is 29.6 Å². The average Bonchev–Trinajstić information content (AvgIpc) is 2.30. The van der Waals surface area contributed by atoms with Crippen LogP contribution < -0.4 is 5.32 Å². The first-order chi connectivity index (χ1) is 8.47. The van der Waals surface area contributed by atoms with Crippen LogP contribution in [0.3, 0.4) is 0 Å². The highest BCUT2D eigenvalue weighted by molar-refractivity contribution is 4.88. The molecule has 1 N–H and O–H groups in total. The van der Waals surface area contributed by atoms with Gasteiger partial charge in [-0.15, -0.1) is 0 Å². The topological polar surface area (TPSA) is 12.0 Å². The molecule has 0 aromatic carbocycles. The monoisotopic (exact) mass is 253 g/mol. The van der Waals surface area contributed by atoms with E-state index in [4.69, 9.17) is 0 Å². The van der Waals surface area contributed by atoms with Gasteiger partial charge in [-0.3, -0.25) is 0 Å². The summed E-state index contributed by atoms with van der Waals surface area (Å²) in [7, 11) is 0. The minimum Gasteiger partial charge on any atom is -0.314 e. The molecule has 0 aromatic rings. The van der Waals surface area contributed by atoms with Crippen molar-refractivity contribution in [2.45, 2.75) is 73.3 Å². The Kier molecular flexibility index (Phi) is 6.70. The van der Waals surface area contributed by atoms with Crippen LogP contribution in [0.1, 0.15) is 67.2 Å². The van der Waals surface area contributed by atoms with Crippen LogP contribution in [0.2, 0.25) is 0 Å². The Bertz CT molecular complexity index is 222. The van der Waals surface area contributed by atoms with Crippen LogP contribution in [0, 0.1) is 29.6 Å². The van der Waals surface area contributed by atoms with Crippen molar-refractivity contribution in [3.05, 3.63) is 0 Å². The molecule has 1 nitrogen and oxygen atoms in total. The molecule has 1 aliphatic rings. The molecule has 18 heavy (non-hydrogen) atoms. The predicted octanol–water partition coefficient (Wildman–Crippen LogP) is 4.72. The van der Waals surface area contributed by atoms with Crippen molar-refractivity contribution in [3.63, 3.8) is 0 Å². The van der Waals surface area contributed by atoms with Crippen LogP contribution in [-0.4, -0.2) is 12.6 Å². The maximum absolute atomic E-state index is 3.78. The number of piperidine rings is 1. The molecule has 0 bridgehead atoms. The lowest BCUT2D eigenvalue weighted by molar-refractivity contribution is 0.112. The first-order valence-corrected chi connectivity index (χ1v) is 8.20. The van der Waals surface area contributed by atoms with Crippen LogP contribution in [0.25, 0.3) is 0 Å². The van der Waals surface area contributed by atoms with Gasteiger partial charge in [0, 0.05) is 6.04 Å². The molecule has 0 saturated carbocycles. The highest BCUT2D eigenvalue weighted by Gasteiger charge is 2.34. The predicted molar refractivity (Wildman–Crippen MR) is 81.8 cm³/mol. The van der Waals surface area contributed by atoms with Gasteiger partial charge >= 0.3 is 0 Å². The van der Waals surface area contributed by atoms with Gasteiger partial charge in [-0.2, -0.15) is 0 Å². The van der Waals surface area contributed by atoms with E-state index >= 15 is 0 Å². The number of nitrogens with one attached hydrogen (secondary N) is 1. The van der Waals surface area contributed by atoms with Gasteiger partial charge in [0.05, 0.1) is 0 Å². The van der Waals surface area contributed by atoms with Crippen LogP contribution in [-0.2, 0) is 0 Å². The minimum atomic E-state index is 0.709. The summed E-state index contributed by atoms with van der Waals surface area (Å²) in [5, 5.41) is 3.78. The summed E-state index contributed by atoms with van der Waals surface area (Å²) in [5.41, 5.74) is 0. The van der Waals surface area contributed by atoms with Gasteiger partial charge in [0.25, 0.3) is 0 Å². The molecular weight excluding hydrogens is 218 g/mol. The lowest BCUT2D eigenvalue weighted by Crippen LogP contribution is -2.48. The fourth-order valence-corrected chi connectivity index (χ4v) is 3.85. The van der Waals surface area contributed by atoms with E-state index in [1.165, 1.54) is 32.2 Å². The summed E-state index contributed by atoms with van der Waals surface area (Å²) in [6.07, 6.45) is 5.62. The Morgan fingerprint density at radius 2 is 1.83 bits per heavy atom. The minimum absolute atomic E-state index is 0.709. The van der Waals surface area contributed by atoms with E-state index in [-0.39, 0.29) is 0 Å². The van der Waals surface area contributed by atoms with Crippen molar-refractivity contribution in [3.8, 4) is 0 Å². The summed E-state index contributed by atoms with van der Waals surface area (Å²) in [5.74, 6) is 4.34. The van der Waals surface area contributed by atoms with Crippen molar-refractivity contribution >= 4 is 0 Å². The van der Waals surface area contributed by atoms with Crippen molar-refractivity contribution < 1.29 is 0 Å². The van der Waals surface area contributed by atoms with Crippen LogP contribution in [0.15, 0.2) is 0 Å². The Morgan fingerprint density at radius 1 is 1.17 bits per heavy atom. The quantitative estimate of drug-likeness (QED) is 0.722. The zero-order valence-corrected chi connectivity index (χ0v) is 13.5. The SMILES string of the molecule is CCCCC(C(C)C)C1CNC(C)C(C(C)C)C1. The molecule has 1 heteroatoms. The summed E-state index contributed by atoms with van der Waals surface area (Å²) in [6.45, 7) is 15.6. The van der Waals surface area contributed by atoms with E-state index in [1.807, 2.05) is 0 Å². The van der Waals surface area contributed by atoms with E-state index in [9.17, 15) is 0 Å². The molecule has 0 spiro atoms. The molecular formula is C17H35N. The second kappa shape index (κ2) is 7.53. The fourth-order valence-electron chi connectivity index (χ4n) is 3.85. The molecule has 1 rings (SSSR count). The summed E-state index contributed by atoms with van der Waals surface area (Å²) in [4.78, 5) is 0.